The van der Waals surface area contributed by atoms with Crippen LogP contribution in [-0.2, 0) is 26.3 Å². The van der Waals surface area contributed by atoms with Crippen molar-refractivity contribution in [3.05, 3.63) is 66.0 Å². The van der Waals surface area contributed by atoms with Gasteiger partial charge in [-0.05, 0) is 38.5 Å². The Balaban J connectivity index is 2.43. The van der Waals surface area contributed by atoms with E-state index in [2.05, 4.69) is 5.32 Å². The Hall–Kier alpha value is -2.98. The topological polar surface area (TPSA) is 90.0 Å². The first kappa shape index (κ1) is 27.3. The number of nitrogens with one attached hydrogen (secondary N) is 1. The minimum Gasteiger partial charge on any atom is -0.352 e. The Labute approximate surface area is 201 Å². The van der Waals surface area contributed by atoms with Crippen LogP contribution in [0.1, 0.15) is 32.8 Å². The van der Waals surface area contributed by atoms with Gasteiger partial charge in [0.2, 0.25) is 11.8 Å². The van der Waals surface area contributed by atoms with Gasteiger partial charge in [0, 0.05) is 32.2 Å². The van der Waals surface area contributed by atoms with E-state index in [9.17, 15) is 22.4 Å². The van der Waals surface area contributed by atoms with Gasteiger partial charge < -0.3 is 10.2 Å². The van der Waals surface area contributed by atoms with Gasteiger partial charge in [-0.3, -0.25) is 9.59 Å². The van der Waals surface area contributed by atoms with Gasteiger partial charge in [-0.25, -0.2) is 8.70 Å². The van der Waals surface area contributed by atoms with Crippen LogP contribution in [0.2, 0.25) is 0 Å². The molecule has 8 nitrogen and oxygen atoms in total. The number of anilines is 1. The standard InChI is InChI=1S/C24H33FN4O4S/c1-6-18(2)26-24(31)19(3)28(16-20-12-10-11-15-22(20)25)23(30)17-29(34(32,33)27(4)5)21-13-8-7-9-14-21/h7-15,18-19H,6,16-17H2,1-5H3,(H,26,31)/t18-,19+/m0/s1. The van der Waals surface area contributed by atoms with Crippen molar-refractivity contribution < 1.29 is 22.4 Å². The number of benzene rings is 2. The van der Waals surface area contributed by atoms with Crippen molar-refractivity contribution >= 4 is 27.7 Å². The van der Waals surface area contributed by atoms with Crippen molar-refractivity contribution in [2.75, 3.05) is 24.9 Å². The zero-order valence-corrected chi connectivity index (χ0v) is 21.0. The Morgan fingerprint density at radius 3 is 2.15 bits per heavy atom. The molecule has 0 heterocycles. The number of nitrogens with zero attached hydrogens (tertiary/aromatic N) is 3. The van der Waals surface area contributed by atoms with Crippen LogP contribution in [0.15, 0.2) is 54.6 Å². The third-order valence-electron chi connectivity index (χ3n) is 5.53. The van der Waals surface area contributed by atoms with Crippen LogP contribution in [-0.4, -0.2) is 62.2 Å². The summed E-state index contributed by atoms with van der Waals surface area (Å²) in [6.07, 6.45) is 0.697. The predicted molar refractivity (Wildman–Crippen MR) is 131 cm³/mol. The average Bonchev–Trinajstić information content (AvgIpc) is 2.81. The van der Waals surface area contributed by atoms with Gasteiger partial charge >= 0.3 is 10.2 Å². The summed E-state index contributed by atoms with van der Waals surface area (Å²) in [6, 6.07) is 13.1. The Morgan fingerprint density at radius 2 is 1.59 bits per heavy atom. The van der Waals surface area contributed by atoms with Crippen molar-refractivity contribution in [3.63, 3.8) is 0 Å². The number of carbonyl (C=O) groups is 2. The SMILES string of the molecule is CC[C@H](C)NC(=O)[C@@H](C)N(Cc1ccccc1F)C(=O)CN(c1ccccc1)S(=O)(=O)N(C)C. The minimum atomic E-state index is -4.03. The molecule has 2 amide bonds. The quantitative estimate of drug-likeness (QED) is 0.522. The molecule has 0 radical (unpaired) electrons. The van der Waals surface area contributed by atoms with Gasteiger partial charge in [0.25, 0.3) is 0 Å². The molecule has 2 aromatic rings. The molecule has 0 aliphatic carbocycles. The smallest absolute Gasteiger partial charge is 0.304 e. The third kappa shape index (κ3) is 6.77. The molecule has 0 aromatic heterocycles. The molecule has 0 spiro atoms. The van der Waals surface area contributed by atoms with Gasteiger partial charge in [0.15, 0.2) is 0 Å². The summed E-state index contributed by atoms with van der Waals surface area (Å²) in [6.45, 7) is 4.56. The summed E-state index contributed by atoms with van der Waals surface area (Å²) in [5.41, 5.74) is 0.521. The summed E-state index contributed by atoms with van der Waals surface area (Å²) < 4.78 is 42.5. The molecular weight excluding hydrogens is 459 g/mol. The van der Waals surface area contributed by atoms with Gasteiger partial charge in [-0.15, -0.1) is 0 Å². The van der Waals surface area contributed by atoms with E-state index in [0.29, 0.717) is 12.1 Å². The van der Waals surface area contributed by atoms with Gasteiger partial charge in [0.1, 0.15) is 18.4 Å². The second-order valence-corrected chi connectivity index (χ2v) is 10.3. The number of amides is 2. The first-order chi connectivity index (χ1) is 16.0. The summed E-state index contributed by atoms with van der Waals surface area (Å²) >= 11 is 0. The molecule has 186 valence electrons. The van der Waals surface area contributed by atoms with Crippen LogP contribution in [0.5, 0.6) is 0 Å². The summed E-state index contributed by atoms with van der Waals surface area (Å²) in [4.78, 5) is 27.6. The highest BCUT2D eigenvalue weighted by molar-refractivity contribution is 7.90. The maximum absolute atomic E-state index is 14.4. The normalized spacial score (nSPS) is 13.3. The lowest BCUT2D eigenvalue weighted by molar-refractivity contribution is -0.139. The second-order valence-electron chi connectivity index (χ2n) is 8.24. The lowest BCUT2D eigenvalue weighted by Crippen LogP contribution is -2.53. The number of hydrogen-bond acceptors (Lipinski definition) is 4. The highest BCUT2D eigenvalue weighted by Gasteiger charge is 2.33. The molecule has 2 atom stereocenters. The fraction of sp³-hybridized carbons (Fsp3) is 0.417. The fourth-order valence-corrected chi connectivity index (χ4v) is 4.23. The molecule has 0 fully saturated rings. The molecule has 2 rings (SSSR count). The van der Waals surface area contributed by atoms with Crippen molar-refractivity contribution in [2.24, 2.45) is 0 Å². The van der Waals surface area contributed by atoms with E-state index in [-0.39, 0.29) is 18.2 Å². The molecular formula is C24H33FN4O4S. The second kappa shape index (κ2) is 11.9. The molecule has 0 saturated carbocycles. The largest absolute Gasteiger partial charge is 0.352 e. The Kier molecular flexibility index (Phi) is 9.57. The van der Waals surface area contributed by atoms with Crippen molar-refractivity contribution in [1.82, 2.24) is 14.5 Å². The Bertz CT molecular complexity index is 1080. The number of halogens is 1. The number of hydrogen-bond donors (Lipinski definition) is 1. The van der Waals surface area contributed by atoms with Crippen molar-refractivity contribution in [1.29, 1.82) is 0 Å². The molecule has 34 heavy (non-hydrogen) atoms. The van der Waals surface area contributed by atoms with E-state index in [1.807, 2.05) is 13.8 Å². The lowest BCUT2D eigenvalue weighted by atomic mass is 10.1. The van der Waals surface area contributed by atoms with E-state index in [1.165, 1.54) is 37.2 Å². The molecule has 0 bridgehead atoms. The summed E-state index contributed by atoms with van der Waals surface area (Å²) in [5.74, 6) is -1.55. The maximum Gasteiger partial charge on any atom is 0.304 e. The molecule has 10 heteroatoms. The molecule has 0 unspecified atom stereocenters. The van der Waals surface area contributed by atoms with Crippen LogP contribution in [0.25, 0.3) is 0 Å². The fourth-order valence-electron chi connectivity index (χ4n) is 3.17. The first-order valence-electron chi connectivity index (χ1n) is 11.1. The van der Waals surface area contributed by atoms with Gasteiger partial charge in [-0.1, -0.05) is 43.3 Å². The molecule has 2 aromatic carbocycles. The average molecular weight is 493 g/mol. The highest BCUT2D eigenvalue weighted by atomic mass is 32.2. The van der Waals surface area contributed by atoms with E-state index in [0.717, 1.165) is 8.61 Å². The van der Waals surface area contributed by atoms with E-state index in [4.69, 9.17) is 0 Å². The Morgan fingerprint density at radius 1 is 1.00 bits per heavy atom. The number of carbonyl (C=O) groups excluding carboxylic acids is 2. The maximum atomic E-state index is 14.4. The van der Waals surface area contributed by atoms with Crippen molar-refractivity contribution in [2.45, 2.75) is 45.8 Å². The zero-order valence-electron chi connectivity index (χ0n) is 20.2. The van der Waals surface area contributed by atoms with Crippen molar-refractivity contribution in [3.8, 4) is 0 Å². The number of para-hydroxylation sites is 1. The molecule has 0 aliphatic heterocycles. The zero-order chi connectivity index (χ0) is 25.5. The highest BCUT2D eigenvalue weighted by Crippen LogP contribution is 2.21. The predicted octanol–water partition coefficient (Wildman–Crippen LogP) is 2.77. The van der Waals surface area contributed by atoms with E-state index in [1.54, 1.807) is 43.3 Å². The summed E-state index contributed by atoms with van der Waals surface area (Å²) in [7, 11) is -1.29. The van der Waals surface area contributed by atoms with Gasteiger partial charge in [0.05, 0.1) is 5.69 Å². The van der Waals surface area contributed by atoms with Crippen LogP contribution in [0.4, 0.5) is 10.1 Å². The summed E-state index contributed by atoms with van der Waals surface area (Å²) in [5, 5.41) is 2.83. The van der Waals surface area contributed by atoms with Crippen LogP contribution < -0.4 is 9.62 Å². The van der Waals surface area contributed by atoms with E-state index >= 15 is 0 Å². The van der Waals surface area contributed by atoms with Crippen LogP contribution in [0, 0.1) is 5.82 Å². The lowest BCUT2D eigenvalue weighted by Gasteiger charge is -2.33. The monoisotopic (exact) mass is 492 g/mol. The van der Waals surface area contributed by atoms with Crippen LogP contribution >= 0.6 is 0 Å². The van der Waals surface area contributed by atoms with E-state index < -0.39 is 40.4 Å². The molecule has 1 N–H and O–H groups in total. The molecule has 0 aliphatic rings. The number of rotatable bonds is 11. The first-order valence-corrected chi connectivity index (χ1v) is 12.5. The van der Waals surface area contributed by atoms with Crippen LogP contribution in [0.3, 0.4) is 0 Å². The minimum absolute atomic E-state index is 0.115. The third-order valence-corrected chi connectivity index (χ3v) is 7.35. The molecule has 0 saturated heterocycles. The van der Waals surface area contributed by atoms with Gasteiger partial charge in [-0.2, -0.15) is 12.7 Å².